The number of aromatic carboxylic acids is 1. The highest BCUT2D eigenvalue weighted by Crippen LogP contribution is 2.48. The maximum absolute atomic E-state index is 12.1. The average molecular weight is 271 g/mol. The molecule has 5 heteroatoms. The molecule has 0 saturated heterocycles. The first kappa shape index (κ1) is 12.5. The van der Waals surface area contributed by atoms with Crippen LogP contribution in [-0.2, 0) is 4.79 Å². The highest BCUT2D eigenvalue weighted by Gasteiger charge is 2.45. The Hall–Kier alpha value is -2.56. The number of benzene rings is 1. The van der Waals surface area contributed by atoms with Gasteiger partial charge < -0.3 is 14.8 Å². The van der Waals surface area contributed by atoms with Crippen LogP contribution in [0.3, 0.4) is 0 Å². The van der Waals surface area contributed by atoms with Crippen LogP contribution < -0.4 is 5.32 Å². The predicted molar refractivity (Wildman–Crippen MR) is 71.6 cm³/mol. The van der Waals surface area contributed by atoms with Crippen LogP contribution in [0.1, 0.15) is 28.5 Å². The topological polar surface area (TPSA) is 79.5 Å². The van der Waals surface area contributed by atoms with Gasteiger partial charge in [0.25, 0.3) is 0 Å². The summed E-state index contributed by atoms with van der Waals surface area (Å²) in [6.45, 7) is 0. The number of nitrogens with one attached hydrogen (secondary N) is 1. The first-order valence-electron chi connectivity index (χ1n) is 6.33. The summed E-state index contributed by atoms with van der Waals surface area (Å²) in [5.74, 6) is -0.262. The Bertz CT molecular complexity index is 648. The molecule has 1 aliphatic rings. The molecule has 1 amide bonds. The summed E-state index contributed by atoms with van der Waals surface area (Å²) < 4.78 is 5.28. The lowest BCUT2D eigenvalue weighted by Gasteiger charge is -2.05. The predicted octanol–water partition coefficient (Wildman–Crippen LogP) is 2.72. The maximum atomic E-state index is 12.1. The van der Waals surface area contributed by atoms with Crippen LogP contribution in [0, 0.1) is 5.92 Å². The summed E-state index contributed by atoms with van der Waals surface area (Å²) in [4.78, 5) is 22.9. The second kappa shape index (κ2) is 4.85. The summed E-state index contributed by atoms with van der Waals surface area (Å²) in [6.07, 6.45) is 2.36. The van der Waals surface area contributed by atoms with E-state index in [0.29, 0.717) is 5.69 Å². The Labute approximate surface area is 115 Å². The zero-order chi connectivity index (χ0) is 14.1. The number of carbonyl (C=O) groups is 2. The second-order valence-corrected chi connectivity index (χ2v) is 4.84. The Balaban J connectivity index is 1.66. The molecule has 1 aliphatic carbocycles. The summed E-state index contributed by atoms with van der Waals surface area (Å²) in [6, 6.07) is 9.89. The van der Waals surface area contributed by atoms with Crippen molar-refractivity contribution < 1.29 is 19.1 Å². The largest absolute Gasteiger partial charge is 0.478 e. The third-order valence-electron chi connectivity index (χ3n) is 3.41. The SMILES string of the molecule is O=C(O)c1cccc(NC(=O)[C@H]2C[C@@H]2c2ccco2)c1. The number of carbonyl (C=O) groups excluding carboxylic acids is 1. The van der Waals surface area contributed by atoms with Crippen molar-refractivity contribution in [2.75, 3.05) is 5.32 Å². The van der Waals surface area contributed by atoms with E-state index in [9.17, 15) is 9.59 Å². The van der Waals surface area contributed by atoms with E-state index in [1.807, 2.05) is 6.07 Å². The van der Waals surface area contributed by atoms with Crippen LogP contribution in [0.25, 0.3) is 0 Å². The minimum atomic E-state index is -1.01. The molecule has 0 aliphatic heterocycles. The van der Waals surface area contributed by atoms with Crippen molar-refractivity contribution in [2.45, 2.75) is 12.3 Å². The lowest BCUT2D eigenvalue weighted by molar-refractivity contribution is -0.117. The number of hydrogen-bond donors (Lipinski definition) is 2. The van der Waals surface area contributed by atoms with Crippen molar-refractivity contribution in [1.29, 1.82) is 0 Å². The van der Waals surface area contributed by atoms with Gasteiger partial charge in [0.15, 0.2) is 0 Å². The molecule has 0 radical (unpaired) electrons. The van der Waals surface area contributed by atoms with Crippen molar-refractivity contribution in [2.24, 2.45) is 5.92 Å². The van der Waals surface area contributed by atoms with Crippen LogP contribution in [0.4, 0.5) is 5.69 Å². The van der Waals surface area contributed by atoms with E-state index in [1.165, 1.54) is 12.1 Å². The average Bonchev–Trinajstić information content (AvgIpc) is 3.05. The Morgan fingerprint density at radius 2 is 2.10 bits per heavy atom. The highest BCUT2D eigenvalue weighted by molar-refractivity contribution is 5.96. The number of amides is 1. The van der Waals surface area contributed by atoms with Gasteiger partial charge in [0.05, 0.1) is 11.8 Å². The summed E-state index contributed by atoms with van der Waals surface area (Å²) >= 11 is 0. The molecule has 2 aromatic rings. The number of carboxylic acids is 1. The zero-order valence-corrected chi connectivity index (χ0v) is 10.6. The minimum absolute atomic E-state index is 0.102. The summed E-state index contributed by atoms with van der Waals surface area (Å²) in [7, 11) is 0. The van der Waals surface area contributed by atoms with E-state index in [0.717, 1.165) is 12.2 Å². The summed E-state index contributed by atoms with van der Waals surface area (Å²) in [5.41, 5.74) is 0.654. The van der Waals surface area contributed by atoms with Crippen molar-refractivity contribution in [1.82, 2.24) is 0 Å². The molecule has 0 spiro atoms. The van der Waals surface area contributed by atoms with Gasteiger partial charge >= 0.3 is 5.97 Å². The molecule has 0 bridgehead atoms. The second-order valence-electron chi connectivity index (χ2n) is 4.84. The molecular weight excluding hydrogens is 258 g/mol. The lowest BCUT2D eigenvalue weighted by atomic mass is 10.2. The molecule has 20 heavy (non-hydrogen) atoms. The molecule has 1 fully saturated rings. The maximum Gasteiger partial charge on any atom is 0.335 e. The van der Waals surface area contributed by atoms with Gasteiger partial charge in [-0.25, -0.2) is 4.79 Å². The van der Waals surface area contributed by atoms with Crippen molar-refractivity contribution >= 4 is 17.6 Å². The van der Waals surface area contributed by atoms with Gasteiger partial charge in [0, 0.05) is 17.5 Å². The lowest BCUT2D eigenvalue weighted by Crippen LogP contribution is -2.14. The number of anilines is 1. The van der Waals surface area contributed by atoms with Crippen molar-refractivity contribution in [3.05, 3.63) is 54.0 Å². The van der Waals surface area contributed by atoms with Gasteiger partial charge in [-0.2, -0.15) is 0 Å². The Kier molecular flexibility index (Phi) is 3.02. The fourth-order valence-electron chi connectivity index (χ4n) is 2.27. The zero-order valence-electron chi connectivity index (χ0n) is 10.6. The minimum Gasteiger partial charge on any atom is -0.478 e. The molecule has 2 atom stereocenters. The summed E-state index contributed by atoms with van der Waals surface area (Å²) in [5, 5.41) is 11.7. The van der Waals surface area contributed by atoms with Gasteiger partial charge in [-0.3, -0.25) is 4.79 Å². The number of hydrogen-bond acceptors (Lipinski definition) is 3. The molecule has 1 heterocycles. The molecule has 1 saturated carbocycles. The first-order chi connectivity index (χ1) is 9.65. The van der Waals surface area contributed by atoms with Gasteiger partial charge in [0.2, 0.25) is 5.91 Å². The highest BCUT2D eigenvalue weighted by atomic mass is 16.4. The molecular formula is C15H13NO4. The fraction of sp³-hybridized carbons (Fsp3) is 0.200. The number of rotatable bonds is 4. The number of carboxylic acid groups (broad SMARTS) is 1. The molecule has 0 unspecified atom stereocenters. The van der Waals surface area contributed by atoms with Crippen LogP contribution >= 0.6 is 0 Å². The molecule has 102 valence electrons. The van der Waals surface area contributed by atoms with Crippen LogP contribution in [0.5, 0.6) is 0 Å². The van der Waals surface area contributed by atoms with Crippen molar-refractivity contribution in [3.63, 3.8) is 0 Å². The van der Waals surface area contributed by atoms with E-state index in [4.69, 9.17) is 9.52 Å². The fourth-order valence-corrected chi connectivity index (χ4v) is 2.27. The quantitative estimate of drug-likeness (QED) is 0.896. The van der Waals surface area contributed by atoms with Gasteiger partial charge in [0.1, 0.15) is 5.76 Å². The Morgan fingerprint density at radius 3 is 2.80 bits per heavy atom. The normalized spacial score (nSPS) is 20.4. The molecule has 3 rings (SSSR count). The van der Waals surface area contributed by atoms with E-state index >= 15 is 0 Å². The van der Waals surface area contributed by atoms with Crippen LogP contribution in [-0.4, -0.2) is 17.0 Å². The third-order valence-corrected chi connectivity index (χ3v) is 3.41. The van der Waals surface area contributed by atoms with Crippen LogP contribution in [0.2, 0.25) is 0 Å². The monoisotopic (exact) mass is 271 g/mol. The first-order valence-corrected chi connectivity index (χ1v) is 6.33. The smallest absolute Gasteiger partial charge is 0.335 e. The Morgan fingerprint density at radius 1 is 1.25 bits per heavy atom. The van der Waals surface area contributed by atoms with E-state index < -0.39 is 5.97 Å². The van der Waals surface area contributed by atoms with E-state index in [2.05, 4.69) is 5.32 Å². The molecule has 2 N–H and O–H groups in total. The molecule has 1 aromatic carbocycles. The van der Waals surface area contributed by atoms with E-state index in [-0.39, 0.29) is 23.3 Å². The van der Waals surface area contributed by atoms with E-state index in [1.54, 1.807) is 24.5 Å². The van der Waals surface area contributed by atoms with Crippen molar-refractivity contribution in [3.8, 4) is 0 Å². The third kappa shape index (κ3) is 2.42. The van der Waals surface area contributed by atoms with Crippen LogP contribution in [0.15, 0.2) is 47.1 Å². The standard InChI is InChI=1S/C15H13NO4/c17-14(12-8-11(12)13-5-2-6-20-13)16-10-4-1-3-9(7-10)15(18)19/h1-7,11-12H,8H2,(H,16,17)(H,18,19)/t11-,12-/m0/s1. The molecule has 1 aromatic heterocycles. The van der Waals surface area contributed by atoms with Gasteiger partial charge in [-0.05, 0) is 36.8 Å². The number of furan rings is 1. The van der Waals surface area contributed by atoms with Gasteiger partial charge in [-0.1, -0.05) is 6.07 Å². The molecule has 5 nitrogen and oxygen atoms in total. The van der Waals surface area contributed by atoms with Gasteiger partial charge in [-0.15, -0.1) is 0 Å².